The van der Waals surface area contributed by atoms with Gasteiger partial charge in [0, 0.05) is 11.5 Å². The number of hydrogen-bond acceptors (Lipinski definition) is 4. The fraction of sp³-hybridized carbons (Fsp3) is 0.588. The third kappa shape index (κ3) is 2.56. The smallest absolute Gasteiger partial charge is 0.161 e. The minimum atomic E-state index is -1.64. The molecule has 1 unspecified atom stereocenters. The van der Waals surface area contributed by atoms with Crippen molar-refractivity contribution in [3.63, 3.8) is 0 Å². The summed E-state index contributed by atoms with van der Waals surface area (Å²) in [6.07, 6.45) is 1.00. The highest BCUT2D eigenvalue weighted by atomic mass is 16.5. The van der Waals surface area contributed by atoms with Gasteiger partial charge in [0.05, 0.1) is 45.6 Å². The zero-order valence-electron chi connectivity index (χ0n) is 14.9. The number of benzene rings is 1. The van der Waals surface area contributed by atoms with Crippen LogP contribution in [0.2, 0.25) is 10.4 Å². The van der Waals surface area contributed by atoms with Crippen LogP contribution >= 0.6 is 0 Å². The van der Waals surface area contributed by atoms with Crippen molar-refractivity contribution >= 4 is 37.2 Å². The van der Waals surface area contributed by atoms with Gasteiger partial charge >= 0.3 is 0 Å². The normalized spacial score (nSPS) is 30.7. The number of likely N-dealkylation sites (tertiary alicyclic amines) is 1. The second-order valence-corrected chi connectivity index (χ2v) is 7.34. The van der Waals surface area contributed by atoms with Crippen molar-refractivity contribution in [2.45, 2.75) is 34.7 Å². The van der Waals surface area contributed by atoms with Crippen LogP contribution in [0.4, 0.5) is 0 Å². The van der Waals surface area contributed by atoms with E-state index in [9.17, 15) is 4.79 Å². The van der Waals surface area contributed by atoms with Crippen molar-refractivity contribution in [2.24, 2.45) is 0 Å². The molecule has 0 N–H and O–H groups in total. The molecule has 0 spiro atoms. The largest absolute Gasteiger partial charge is 0.493 e. The molecule has 2 fully saturated rings. The van der Waals surface area contributed by atoms with Gasteiger partial charge < -0.3 is 19.2 Å². The predicted molar refractivity (Wildman–Crippen MR) is 100 cm³/mol. The molecule has 122 valence electrons. The van der Waals surface area contributed by atoms with Crippen molar-refractivity contribution in [3.8, 4) is 11.5 Å². The van der Waals surface area contributed by atoms with Crippen LogP contribution in [0, 0.1) is 0 Å². The number of Topliss-reactive ketones (excluding diaryl/α,β-unsaturated/α-hetero) is 1. The molecule has 2 aliphatic rings. The van der Waals surface area contributed by atoms with Crippen molar-refractivity contribution in [1.82, 2.24) is 4.90 Å². The number of hydrogen-bond donors (Lipinski definition) is 0. The van der Waals surface area contributed by atoms with E-state index < -0.39 is 27.7 Å². The van der Waals surface area contributed by atoms with Gasteiger partial charge in [-0.25, -0.2) is 0 Å². The number of fused-ring (bicyclic) bond motifs is 1. The summed E-state index contributed by atoms with van der Waals surface area (Å²) in [4.78, 5) is 14.7. The van der Waals surface area contributed by atoms with Crippen LogP contribution in [-0.2, 0) is 10.2 Å². The number of carbonyl (C=O) groups is 1. The van der Waals surface area contributed by atoms with Gasteiger partial charge in [0.25, 0.3) is 0 Å². The average Bonchev–Trinajstić information content (AvgIpc) is 2.90. The maximum absolute atomic E-state index is 12.7. The first-order valence-corrected chi connectivity index (χ1v) is 8.23. The lowest BCUT2D eigenvalue weighted by Crippen LogP contribution is -2.61. The summed E-state index contributed by atoms with van der Waals surface area (Å²) in [5, 5.41) is -3.22. The molecule has 1 aliphatic carbocycles. The van der Waals surface area contributed by atoms with E-state index >= 15 is 0 Å². The minimum Gasteiger partial charge on any atom is -0.493 e. The highest BCUT2D eigenvalue weighted by Crippen LogP contribution is 2.60. The quantitative estimate of drug-likeness (QED) is 0.759. The van der Waals surface area contributed by atoms with Crippen molar-refractivity contribution < 1.29 is 14.3 Å². The molecule has 0 aromatic heterocycles. The van der Waals surface area contributed by atoms with Crippen LogP contribution in [0.15, 0.2) is 18.2 Å². The van der Waals surface area contributed by atoms with Gasteiger partial charge in [-0.2, -0.15) is 0 Å². The van der Waals surface area contributed by atoms with E-state index in [-0.39, 0.29) is 6.42 Å². The summed E-state index contributed by atoms with van der Waals surface area (Å²) in [5.41, 5.74) is 0.391. The predicted octanol–water partition coefficient (Wildman–Crippen LogP) is 0.525. The fourth-order valence-electron chi connectivity index (χ4n) is 4.75. The van der Waals surface area contributed by atoms with Gasteiger partial charge in [-0.15, -0.1) is 0 Å². The van der Waals surface area contributed by atoms with Crippen molar-refractivity contribution in [1.29, 1.82) is 0 Å². The summed E-state index contributed by atoms with van der Waals surface area (Å²) in [5.74, 6) is 0.699. The molecule has 8 radical (unpaired) electrons. The van der Waals surface area contributed by atoms with Crippen LogP contribution in [0.3, 0.4) is 0 Å². The van der Waals surface area contributed by atoms with E-state index in [1.807, 2.05) is 30.1 Å². The lowest BCUT2D eigenvalue weighted by Gasteiger charge is -2.56. The van der Waals surface area contributed by atoms with Gasteiger partial charge in [-0.3, -0.25) is 0 Å². The Morgan fingerprint density at radius 2 is 1.76 bits per heavy atom. The standard InChI is InChI=1S/C17H19B4NO3/c1-22-7-6-15(10-4-5-11(24-2)12(8-10)25-3)9-16(18,19)14(23)17(20,21)13(15)22/h4-5,8,13H,6-7,9H2,1-3H3/t13?,15-/m1/s1. The van der Waals surface area contributed by atoms with Crippen LogP contribution in [-0.4, -0.2) is 75.9 Å². The number of nitrogens with zero attached hydrogens (tertiary/aromatic N) is 1. The molecule has 2 atom stereocenters. The molecule has 1 aromatic carbocycles. The molecular formula is C17H19B4NO3. The number of ketones is 1. The molecule has 4 nitrogen and oxygen atoms in total. The van der Waals surface area contributed by atoms with E-state index in [2.05, 4.69) is 0 Å². The van der Waals surface area contributed by atoms with E-state index in [1.54, 1.807) is 14.2 Å². The van der Waals surface area contributed by atoms with E-state index in [4.69, 9.17) is 40.9 Å². The Balaban J connectivity index is 2.19. The van der Waals surface area contributed by atoms with E-state index in [1.165, 1.54) is 0 Å². The Hall–Kier alpha value is -1.29. The minimum absolute atomic E-state index is 0.263. The summed E-state index contributed by atoms with van der Waals surface area (Å²) in [6.45, 7) is 0.735. The van der Waals surface area contributed by atoms with Crippen molar-refractivity contribution in [3.05, 3.63) is 23.8 Å². The topological polar surface area (TPSA) is 38.8 Å². The maximum Gasteiger partial charge on any atom is 0.161 e. The summed E-state index contributed by atoms with van der Waals surface area (Å²) >= 11 is 0. The van der Waals surface area contributed by atoms with Crippen molar-refractivity contribution in [2.75, 3.05) is 27.8 Å². The Morgan fingerprint density at radius 1 is 1.12 bits per heavy atom. The fourth-order valence-corrected chi connectivity index (χ4v) is 4.75. The van der Waals surface area contributed by atoms with E-state index in [0.717, 1.165) is 18.5 Å². The van der Waals surface area contributed by atoms with Gasteiger partial charge in [0.1, 0.15) is 5.78 Å². The van der Waals surface area contributed by atoms with Gasteiger partial charge in [-0.1, -0.05) is 6.07 Å². The monoisotopic (exact) mass is 329 g/mol. The lowest BCUT2D eigenvalue weighted by atomic mass is 9.29. The number of carbonyl (C=O) groups excluding carboxylic acids is 1. The number of rotatable bonds is 3. The Morgan fingerprint density at radius 3 is 2.36 bits per heavy atom. The Labute approximate surface area is 154 Å². The first-order valence-electron chi connectivity index (χ1n) is 8.23. The highest BCUT2D eigenvalue weighted by molar-refractivity contribution is 6.62. The van der Waals surface area contributed by atoms with E-state index in [0.29, 0.717) is 11.5 Å². The maximum atomic E-state index is 12.7. The first kappa shape index (κ1) is 18.5. The Kier molecular flexibility index (Phi) is 4.34. The molecule has 1 saturated carbocycles. The second-order valence-electron chi connectivity index (χ2n) is 7.34. The van der Waals surface area contributed by atoms with Gasteiger partial charge in [0.2, 0.25) is 0 Å². The van der Waals surface area contributed by atoms with Gasteiger partial charge in [-0.05, 0) is 54.6 Å². The molecule has 1 aliphatic heterocycles. The third-order valence-electron chi connectivity index (χ3n) is 5.71. The highest BCUT2D eigenvalue weighted by Gasteiger charge is 2.62. The third-order valence-corrected chi connectivity index (χ3v) is 5.71. The Bertz CT molecular complexity index is 709. The van der Waals surface area contributed by atoms with Crippen LogP contribution in [0.25, 0.3) is 0 Å². The molecule has 0 bridgehead atoms. The molecule has 8 heteroatoms. The molecule has 3 rings (SSSR count). The summed E-state index contributed by atoms with van der Waals surface area (Å²) < 4.78 is 10.8. The number of methoxy groups -OCH3 is 2. The average molecular weight is 329 g/mol. The number of ether oxygens (including phenoxy) is 2. The number of likely N-dealkylation sites (N-methyl/N-ethyl adjacent to an activating group) is 1. The first-order chi connectivity index (χ1) is 11.6. The molecule has 1 heterocycles. The van der Waals surface area contributed by atoms with Crippen LogP contribution in [0.1, 0.15) is 18.4 Å². The molecule has 25 heavy (non-hydrogen) atoms. The zero-order chi connectivity index (χ0) is 18.6. The van der Waals surface area contributed by atoms with Crippen LogP contribution < -0.4 is 9.47 Å². The second kappa shape index (κ2) is 5.87. The summed E-state index contributed by atoms with van der Waals surface area (Å²) in [6, 6.07) is 5.26. The zero-order valence-corrected chi connectivity index (χ0v) is 14.9. The van der Waals surface area contributed by atoms with Gasteiger partial charge in [0.15, 0.2) is 11.5 Å². The SMILES string of the molecule is [B]C1([B])C[C@@]2(c3ccc(OC)c(OC)c3)CCN(C)C2C([B])([B])C1=O. The molecular weight excluding hydrogens is 309 g/mol. The molecule has 1 saturated heterocycles. The summed E-state index contributed by atoms with van der Waals surface area (Å²) in [7, 11) is 29.9. The lowest BCUT2D eigenvalue weighted by molar-refractivity contribution is -0.125. The molecule has 0 amide bonds. The molecule has 1 aromatic rings. The van der Waals surface area contributed by atoms with Crippen LogP contribution in [0.5, 0.6) is 11.5 Å².